The van der Waals surface area contributed by atoms with Gasteiger partial charge in [0.15, 0.2) is 0 Å². The summed E-state index contributed by atoms with van der Waals surface area (Å²) in [6.07, 6.45) is 0.966. The number of halogens is 1. The van der Waals surface area contributed by atoms with E-state index in [4.69, 9.17) is 5.73 Å². The fourth-order valence-corrected chi connectivity index (χ4v) is 1.28. The van der Waals surface area contributed by atoms with Crippen molar-refractivity contribution in [2.75, 3.05) is 6.54 Å². The Hall–Kier alpha value is -0.340. The summed E-state index contributed by atoms with van der Waals surface area (Å²) in [6.45, 7) is 2.81. The van der Waals surface area contributed by atoms with Crippen LogP contribution >= 0.6 is 15.9 Å². The van der Waals surface area contributed by atoms with E-state index in [-0.39, 0.29) is 0 Å². The quantitative estimate of drug-likeness (QED) is 0.802. The molecule has 0 amide bonds. The molecule has 0 spiro atoms. The van der Waals surface area contributed by atoms with E-state index in [0.29, 0.717) is 0 Å². The van der Waals surface area contributed by atoms with E-state index in [2.05, 4.69) is 41.1 Å². The van der Waals surface area contributed by atoms with Crippen molar-refractivity contribution < 1.29 is 0 Å². The number of hydrogen-bond donors (Lipinski definition) is 1. The van der Waals surface area contributed by atoms with E-state index >= 15 is 0 Å². The molecule has 0 saturated heterocycles. The third kappa shape index (κ3) is 2.31. The zero-order valence-corrected chi connectivity index (χ0v) is 8.19. The highest BCUT2D eigenvalue weighted by molar-refractivity contribution is 9.10. The molecule has 0 unspecified atom stereocenters. The van der Waals surface area contributed by atoms with Crippen molar-refractivity contribution in [1.82, 2.24) is 0 Å². The highest BCUT2D eigenvalue weighted by atomic mass is 79.9. The molecule has 0 aliphatic heterocycles. The molecule has 2 heteroatoms. The van der Waals surface area contributed by atoms with Gasteiger partial charge in [-0.05, 0) is 37.1 Å². The largest absolute Gasteiger partial charge is 0.330 e. The summed E-state index contributed by atoms with van der Waals surface area (Å²) in [6, 6.07) is 6.33. The minimum Gasteiger partial charge on any atom is -0.330 e. The maximum absolute atomic E-state index is 5.44. The van der Waals surface area contributed by atoms with Crippen molar-refractivity contribution >= 4 is 15.9 Å². The Balaban J connectivity index is 2.86. The molecule has 0 bridgehead atoms. The van der Waals surface area contributed by atoms with Gasteiger partial charge in [0, 0.05) is 4.47 Å². The van der Waals surface area contributed by atoms with Crippen LogP contribution in [0.4, 0.5) is 0 Å². The number of hydrogen-bond acceptors (Lipinski definition) is 1. The van der Waals surface area contributed by atoms with Crippen molar-refractivity contribution in [1.29, 1.82) is 0 Å². The van der Waals surface area contributed by atoms with E-state index in [0.717, 1.165) is 13.0 Å². The molecule has 11 heavy (non-hydrogen) atoms. The van der Waals surface area contributed by atoms with Crippen LogP contribution in [0.2, 0.25) is 0 Å². The fourth-order valence-electron chi connectivity index (χ4n) is 1.03. The van der Waals surface area contributed by atoms with Gasteiger partial charge in [-0.1, -0.05) is 28.1 Å². The van der Waals surface area contributed by atoms with Gasteiger partial charge in [0.05, 0.1) is 0 Å². The topological polar surface area (TPSA) is 26.0 Å². The number of rotatable bonds is 2. The Morgan fingerprint density at radius 1 is 1.45 bits per heavy atom. The van der Waals surface area contributed by atoms with Crippen molar-refractivity contribution in [3.8, 4) is 0 Å². The molecule has 0 fully saturated rings. The highest BCUT2D eigenvalue weighted by Crippen LogP contribution is 2.16. The lowest BCUT2D eigenvalue weighted by molar-refractivity contribution is 0.966. The number of nitrogens with two attached hydrogens (primary N) is 1. The average molecular weight is 214 g/mol. The molecule has 0 aliphatic rings. The van der Waals surface area contributed by atoms with Crippen LogP contribution in [0.25, 0.3) is 0 Å². The van der Waals surface area contributed by atoms with Crippen molar-refractivity contribution in [2.45, 2.75) is 13.3 Å². The number of benzene rings is 1. The molecule has 1 nitrogen and oxygen atoms in total. The smallest absolute Gasteiger partial charge is 0.0204 e. The van der Waals surface area contributed by atoms with Crippen molar-refractivity contribution in [2.24, 2.45) is 5.73 Å². The van der Waals surface area contributed by atoms with Crippen molar-refractivity contribution in [3.05, 3.63) is 33.8 Å². The Bertz CT molecular complexity index is 245. The zero-order valence-electron chi connectivity index (χ0n) is 6.60. The summed E-state index contributed by atoms with van der Waals surface area (Å²) >= 11 is 3.45. The minimum atomic E-state index is 0.723. The maximum atomic E-state index is 5.44. The molecule has 1 rings (SSSR count). The average Bonchev–Trinajstić information content (AvgIpc) is 1.98. The molecule has 0 aromatic heterocycles. The lowest BCUT2D eigenvalue weighted by atomic mass is 10.1. The summed E-state index contributed by atoms with van der Waals surface area (Å²) in [4.78, 5) is 0. The Labute approximate surface area is 75.7 Å². The third-order valence-electron chi connectivity index (χ3n) is 1.66. The van der Waals surface area contributed by atoms with E-state index in [9.17, 15) is 0 Å². The number of aryl methyl sites for hydroxylation is 1. The molecule has 0 heterocycles. The first-order valence-corrected chi connectivity index (χ1v) is 4.48. The van der Waals surface area contributed by atoms with Crippen LogP contribution in [0.15, 0.2) is 22.7 Å². The van der Waals surface area contributed by atoms with Crippen LogP contribution in [0, 0.1) is 6.92 Å². The second-order valence-corrected chi connectivity index (χ2v) is 3.48. The van der Waals surface area contributed by atoms with Gasteiger partial charge in [-0.15, -0.1) is 0 Å². The standard InChI is InChI=1S/C9H12BrN/c1-7-6-8(4-5-11)2-3-9(7)10/h2-3,6H,4-5,11H2,1H3. The molecule has 0 radical (unpaired) electrons. The molecule has 1 aromatic rings. The molecular weight excluding hydrogens is 202 g/mol. The fraction of sp³-hybridized carbons (Fsp3) is 0.333. The summed E-state index contributed by atoms with van der Waals surface area (Å²) in [7, 11) is 0. The normalized spacial score (nSPS) is 10.1. The lowest BCUT2D eigenvalue weighted by Crippen LogP contribution is -2.02. The first-order valence-electron chi connectivity index (χ1n) is 3.69. The van der Waals surface area contributed by atoms with Gasteiger partial charge < -0.3 is 5.73 Å². The zero-order chi connectivity index (χ0) is 8.27. The summed E-state index contributed by atoms with van der Waals surface area (Å²) in [5.41, 5.74) is 8.02. The second kappa shape index (κ2) is 3.88. The van der Waals surface area contributed by atoms with Gasteiger partial charge in [-0.3, -0.25) is 0 Å². The van der Waals surface area contributed by atoms with E-state index in [1.165, 1.54) is 15.6 Å². The maximum Gasteiger partial charge on any atom is 0.0204 e. The molecule has 0 atom stereocenters. The van der Waals surface area contributed by atoms with Gasteiger partial charge in [-0.25, -0.2) is 0 Å². The third-order valence-corrected chi connectivity index (χ3v) is 2.55. The predicted molar refractivity (Wildman–Crippen MR) is 51.6 cm³/mol. The van der Waals surface area contributed by atoms with Crippen LogP contribution in [0.5, 0.6) is 0 Å². The van der Waals surface area contributed by atoms with Crippen LogP contribution in [0.3, 0.4) is 0 Å². The summed E-state index contributed by atoms with van der Waals surface area (Å²) in [5.74, 6) is 0. The Morgan fingerprint density at radius 2 is 2.18 bits per heavy atom. The first-order chi connectivity index (χ1) is 5.24. The Morgan fingerprint density at radius 3 is 2.73 bits per heavy atom. The van der Waals surface area contributed by atoms with Gasteiger partial charge in [0.1, 0.15) is 0 Å². The molecule has 0 saturated carbocycles. The summed E-state index contributed by atoms with van der Waals surface area (Å²) < 4.78 is 1.17. The van der Waals surface area contributed by atoms with Crippen molar-refractivity contribution in [3.63, 3.8) is 0 Å². The highest BCUT2D eigenvalue weighted by Gasteiger charge is 1.95. The van der Waals surface area contributed by atoms with E-state index in [1.807, 2.05) is 0 Å². The SMILES string of the molecule is Cc1cc(CCN)ccc1Br. The van der Waals surface area contributed by atoms with Crippen LogP contribution in [-0.4, -0.2) is 6.54 Å². The van der Waals surface area contributed by atoms with Gasteiger partial charge in [0.2, 0.25) is 0 Å². The predicted octanol–water partition coefficient (Wildman–Crippen LogP) is 2.26. The molecule has 60 valence electrons. The lowest BCUT2D eigenvalue weighted by Gasteiger charge is -2.01. The van der Waals surface area contributed by atoms with Gasteiger partial charge >= 0.3 is 0 Å². The molecule has 2 N–H and O–H groups in total. The Kier molecular flexibility index (Phi) is 3.09. The first kappa shape index (κ1) is 8.75. The van der Waals surface area contributed by atoms with Crippen LogP contribution in [-0.2, 0) is 6.42 Å². The molecule has 1 aromatic carbocycles. The molecular formula is C9H12BrN. The minimum absolute atomic E-state index is 0.723. The van der Waals surface area contributed by atoms with Gasteiger partial charge in [-0.2, -0.15) is 0 Å². The van der Waals surface area contributed by atoms with Crippen LogP contribution in [0.1, 0.15) is 11.1 Å². The van der Waals surface area contributed by atoms with E-state index < -0.39 is 0 Å². The monoisotopic (exact) mass is 213 g/mol. The van der Waals surface area contributed by atoms with E-state index in [1.54, 1.807) is 0 Å². The second-order valence-electron chi connectivity index (χ2n) is 2.62. The molecule has 0 aliphatic carbocycles. The van der Waals surface area contributed by atoms with Gasteiger partial charge in [0.25, 0.3) is 0 Å². The summed E-state index contributed by atoms with van der Waals surface area (Å²) in [5, 5.41) is 0. The van der Waals surface area contributed by atoms with Crippen LogP contribution < -0.4 is 5.73 Å².